The van der Waals surface area contributed by atoms with Gasteiger partial charge in [0.2, 0.25) is 0 Å². The van der Waals surface area contributed by atoms with Crippen molar-refractivity contribution in [2.24, 2.45) is 11.8 Å². The summed E-state index contributed by atoms with van der Waals surface area (Å²) in [5, 5.41) is 10.3. The first kappa shape index (κ1) is 14.7. The Bertz CT molecular complexity index is 539. The van der Waals surface area contributed by atoms with Crippen LogP contribution in [-0.4, -0.2) is 37.7 Å². The minimum Gasteiger partial charge on any atom is -0.492 e. The molecule has 1 saturated carbocycles. The highest BCUT2D eigenvalue weighted by Gasteiger charge is 2.35. The zero-order valence-electron chi connectivity index (χ0n) is 12.3. The number of ketones is 1. The molecular formula is C15H22N2O3S. The lowest BCUT2D eigenvalue weighted by atomic mass is 9.99. The Labute approximate surface area is 128 Å². The second-order valence-electron chi connectivity index (χ2n) is 5.96. The van der Waals surface area contributed by atoms with Gasteiger partial charge in [0.25, 0.3) is 0 Å². The number of nitrogens with two attached hydrogens (primary N) is 1. The van der Waals surface area contributed by atoms with Gasteiger partial charge < -0.3 is 20.5 Å². The molecule has 2 aliphatic rings. The first-order valence-electron chi connectivity index (χ1n) is 7.52. The highest BCUT2D eigenvalue weighted by Crippen LogP contribution is 2.48. The number of anilines is 2. The third-order valence-corrected chi connectivity index (χ3v) is 5.58. The van der Waals surface area contributed by atoms with E-state index in [1.165, 1.54) is 11.3 Å². The Morgan fingerprint density at radius 1 is 1.48 bits per heavy atom. The fourth-order valence-corrected chi connectivity index (χ4v) is 4.18. The van der Waals surface area contributed by atoms with E-state index < -0.39 is 0 Å². The van der Waals surface area contributed by atoms with E-state index in [4.69, 9.17) is 10.5 Å². The summed E-state index contributed by atoms with van der Waals surface area (Å²) in [7, 11) is 1.60. The number of ether oxygens (including phenoxy) is 1. The summed E-state index contributed by atoms with van der Waals surface area (Å²) in [4.78, 5) is 15.2. The molecule has 1 saturated heterocycles. The number of carbonyl (C=O) groups excluding carboxylic acids is 1. The molecule has 6 heteroatoms. The van der Waals surface area contributed by atoms with Crippen molar-refractivity contribution >= 4 is 27.8 Å². The third kappa shape index (κ3) is 2.74. The second-order valence-corrected chi connectivity index (χ2v) is 6.96. The first-order chi connectivity index (χ1) is 10.2. The molecule has 1 unspecified atom stereocenters. The maximum Gasteiger partial charge on any atom is 0.178 e. The number of thiophene rings is 1. The van der Waals surface area contributed by atoms with Crippen molar-refractivity contribution in [3.05, 3.63) is 4.88 Å². The minimum atomic E-state index is 0.162. The Morgan fingerprint density at radius 3 is 2.86 bits per heavy atom. The quantitative estimate of drug-likeness (QED) is 0.815. The van der Waals surface area contributed by atoms with Gasteiger partial charge in [-0.2, -0.15) is 0 Å². The number of methoxy groups -OCH3 is 1. The summed E-state index contributed by atoms with van der Waals surface area (Å²) in [6.45, 7) is 1.92. The lowest BCUT2D eigenvalue weighted by molar-refractivity contribution is 0.0972. The van der Waals surface area contributed by atoms with Gasteiger partial charge in [0, 0.05) is 25.6 Å². The molecule has 1 aromatic rings. The number of rotatable bonds is 5. The van der Waals surface area contributed by atoms with Gasteiger partial charge in [-0.25, -0.2) is 0 Å². The highest BCUT2D eigenvalue weighted by molar-refractivity contribution is 7.19. The lowest BCUT2D eigenvalue weighted by Crippen LogP contribution is -2.36. The van der Waals surface area contributed by atoms with Crippen LogP contribution in [0.2, 0.25) is 0 Å². The fourth-order valence-electron chi connectivity index (χ4n) is 2.93. The fraction of sp³-hybridized carbons (Fsp3) is 0.667. The molecule has 1 aliphatic carbocycles. The van der Waals surface area contributed by atoms with Gasteiger partial charge in [0.15, 0.2) is 11.5 Å². The predicted octanol–water partition coefficient (Wildman–Crippen LogP) is 2.14. The molecule has 1 aromatic heterocycles. The van der Waals surface area contributed by atoms with E-state index in [1.807, 2.05) is 0 Å². The zero-order chi connectivity index (χ0) is 15.0. The second kappa shape index (κ2) is 5.85. The number of hydrogen-bond donors (Lipinski definition) is 2. The van der Waals surface area contributed by atoms with Crippen LogP contribution in [0.25, 0.3) is 0 Å². The Hall–Kier alpha value is -1.27. The monoisotopic (exact) mass is 310 g/mol. The summed E-state index contributed by atoms with van der Waals surface area (Å²) in [6, 6.07) is 0. The molecule has 0 spiro atoms. The molecule has 2 heterocycles. The number of Topliss-reactive ketones (excluding diaryl/α,β-unsaturated/α-hetero) is 1. The number of carbonyl (C=O) groups is 1. The third-order valence-electron chi connectivity index (χ3n) is 4.32. The summed E-state index contributed by atoms with van der Waals surface area (Å²) < 4.78 is 5.46. The molecule has 0 bridgehead atoms. The average Bonchev–Trinajstić information content (AvgIpc) is 3.30. The maximum atomic E-state index is 12.3. The largest absolute Gasteiger partial charge is 0.492 e. The van der Waals surface area contributed by atoms with Crippen molar-refractivity contribution in [1.29, 1.82) is 0 Å². The van der Waals surface area contributed by atoms with Crippen LogP contribution >= 0.6 is 11.3 Å². The van der Waals surface area contributed by atoms with Gasteiger partial charge >= 0.3 is 0 Å². The highest BCUT2D eigenvalue weighted by atomic mass is 32.1. The maximum absolute atomic E-state index is 12.3. The molecule has 1 aliphatic heterocycles. The first-order valence-corrected chi connectivity index (χ1v) is 8.33. The molecule has 1 atom stereocenters. The Kier molecular flexibility index (Phi) is 4.08. The Balaban J connectivity index is 1.90. The van der Waals surface area contributed by atoms with Crippen LogP contribution in [0.5, 0.6) is 5.75 Å². The molecule has 0 radical (unpaired) electrons. The lowest BCUT2D eigenvalue weighted by Gasteiger charge is -2.32. The van der Waals surface area contributed by atoms with Crippen molar-refractivity contribution in [2.75, 3.05) is 37.4 Å². The standard InChI is InChI=1S/C15H22N2O3S/c1-20-13-11(16)14(12(19)10-4-5-10)21-15(13)17-6-2-3-9(7-17)8-18/h9-10,18H,2-8,16H2,1H3. The van der Waals surface area contributed by atoms with Gasteiger partial charge in [-0.3, -0.25) is 4.79 Å². The summed E-state index contributed by atoms with van der Waals surface area (Å²) >= 11 is 1.45. The van der Waals surface area contributed by atoms with Crippen molar-refractivity contribution in [3.8, 4) is 5.75 Å². The van der Waals surface area contributed by atoms with Crippen LogP contribution in [0.3, 0.4) is 0 Å². The van der Waals surface area contributed by atoms with Gasteiger partial charge in [-0.15, -0.1) is 11.3 Å². The molecule has 0 amide bonds. The van der Waals surface area contributed by atoms with Crippen LogP contribution in [0.4, 0.5) is 10.7 Å². The van der Waals surface area contributed by atoms with Crippen molar-refractivity contribution in [1.82, 2.24) is 0 Å². The van der Waals surface area contributed by atoms with E-state index in [2.05, 4.69) is 4.90 Å². The van der Waals surface area contributed by atoms with Crippen molar-refractivity contribution in [2.45, 2.75) is 25.7 Å². The van der Waals surface area contributed by atoms with Crippen molar-refractivity contribution < 1.29 is 14.6 Å². The van der Waals surface area contributed by atoms with Crippen LogP contribution in [0.1, 0.15) is 35.4 Å². The molecule has 21 heavy (non-hydrogen) atoms. The normalized spacial score (nSPS) is 22.4. The van der Waals surface area contributed by atoms with Gasteiger partial charge in [-0.05, 0) is 31.6 Å². The van der Waals surface area contributed by atoms with E-state index in [0.29, 0.717) is 16.3 Å². The topological polar surface area (TPSA) is 75.8 Å². The number of nitrogen functional groups attached to an aromatic ring is 1. The molecule has 3 rings (SSSR count). The SMILES string of the molecule is COc1c(N2CCCC(CO)C2)sc(C(=O)C2CC2)c1N. The van der Waals surface area contributed by atoms with E-state index in [0.717, 1.165) is 43.8 Å². The van der Waals surface area contributed by atoms with E-state index in [-0.39, 0.29) is 24.2 Å². The van der Waals surface area contributed by atoms with Crippen LogP contribution in [0.15, 0.2) is 0 Å². The number of nitrogens with zero attached hydrogens (tertiary/aromatic N) is 1. The van der Waals surface area contributed by atoms with Gasteiger partial charge in [0.05, 0.1) is 17.7 Å². The molecule has 116 valence electrons. The Morgan fingerprint density at radius 2 is 2.24 bits per heavy atom. The minimum absolute atomic E-state index is 0.162. The van der Waals surface area contributed by atoms with E-state index in [9.17, 15) is 9.90 Å². The van der Waals surface area contributed by atoms with Crippen LogP contribution in [-0.2, 0) is 0 Å². The molecule has 0 aromatic carbocycles. The van der Waals surface area contributed by atoms with Crippen LogP contribution in [0, 0.1) is 11.8 Å². The summed E-state index contributed by atoms with van der Waals surface area (Å²) in [5.74, 6) is 1.24. The molecule has 3 N–H and O–H groups in total. The molecule has 2 fully saturated rings. The summed E-state index contributed by atoms with van der Waals surface area (Å²) in [6.07, 6.45) is 4.04. The predicted molar refractivity (Wildman–Crippen MR) is 84.4 cm³/mol. The molecule has 5 nitrogen and oxygen atoms in total. The molecular weight excluding hydrogens is 288 g/mol. The van der Waals surface area contributed by atoms with Crippen molar-refractivity contribution in [3.63, 3.8) is 0 Å². The van der Waals surface area contributed by atoms with E-state index in [1.54, 1.807) is 7.11 Å². The number of piperidine rings is 1. The zero-order valence-corrected chi connectivity index (χ0v) is 13.1. The number of hydrogen-bond acceptors (Lipinski definition) is 6. The smallest absolute Gasteiger partial charge is 0.178 e. The van der Waals surface area contributed by atoms with Crippen LogP contribution < -0.4 is 15.4 Å². The van der Waals surface area contributed by atoms with Gasteiger partial charge in [0.1, 0.15) is 5.00 Å². The van der Waals surface area contributed by atoms with Gasteiger partial charge in [-0.1, -0.05) is 0 Å². The number of aliphatic hydroxyl groups excluding tert-OH is 1. The summed E-state index contributed by atoms with van der Waals surface area (Å²) in [5.41, 5.74) is 6.63. The average molecular weight is 310 g/mol. The van der Waals surface area contributed by atoms with E-state index >= 15 is 0 Å². The number of aliphatic hydroxyl groups is 1.